The highest BCUT2D eigenvalue weighted by Crippen LogP contribution is 2.28. The third-order valence-electron chi connectivity index (χ3n) is 2.73. The van der Waals surface area contributed by atoms with Crippen LogP contribution < -0.4 is 5.32 Å². The number of aromatic nitrogens is 2. The van der Waals surface area contributed by atoms with E-state index in [4.69, 9.17) is 5.11 Å². The van der Waals surface area contributed by atoms with Gasteiger partial charge >= 0.3 is 0 Å². The SMILES string of the molecule is Cc1nsc(N[C@@H]2CCC[C@@H]2CO)n1. The molecule has 0 unspecified atom stereocenters. The number of aliphatic hydroxyl groups excluding tert-OH is 1. The van der Waals surface area contributed by atoms with Crippen LogP contribution in [0, 0.1) is 12.8 Å². The number of nitrogens with zero attached hydrogens (tertiary/aromatic N) is 2. The largest absolute Gasteiger partial charge is 0.396 e. The first-order valence-electron chi connectivity index (χ1n) is 4.97. The second kappa shape index (κ2) is 4.23. The Morgan fingerprint density at radius 2 is 2.43 bits per heavy atom. The first-order chi connectivity index (χ1) is 6.79. The molecular formula is C9H15N3OS. The van der Waals surface area contributed by atoms with E-state index in [2.05, 4.69) is 14.7 Å². The number of hydrogen-bond donors (Lipinski definition) is 2. The summed E-state index contributed by atoms with van der Waals surface area (Å²) in [5.74, 6) is 1.20. The Morgan fingerprint density at radius 1 is 1.57 bits per heavy atom. The predicted molar refractivity (Wildman–Crippen MR) is 56.5 cm³/mol. The van der Waals surface area contributed by atoms with Crippen molar-refractivity contribution in [3.05, 3.63) is 5.82 Å². The average molecular weight is 213 g/mol. The molecular weight excluding hydrogens is 198 g/mol. The molecule has 2 atom stereocenters. The van der Waals surface area contributed by atoms with Crippen LogP contribution in [0.4, 0.5) is 5.13 Å². The number of aliphatic hydroxyl groups is 1. The Kier molecular flexibility index (Phi) is 2.98. The predicted octanol–water partition coefficient (Wildman–Crippen LogP) is 1.42. The fraction of sp³-hybridized carbons (Fsp3) is 0.778. The van der Waals surface area contributed by atoms with Gasteiger partial charge in [0, 0.05) is 30.1 Å². The zero-order valence-corrected chi connectivity index (χ0v) is 9.05. The van der Waals surface area contributed by atoms with E-state index >= 15 is 0 Å². The fourth-order valence-electron chi connectivity index (χ4n) is 1.96. The van der Waals surface area contributed by atoms with Crippen LogP contribution in [0.25, 0.3) is 0 Å². The van der Waals surface area contributed by atoms with Crippen LogP contribution in [0.3, 0.4) is 0 Å². The summed E-state index contributed by atoms with van der Waals surface area (Å²) in [5.41, 5.74) is 0. The lowest BCUT2D eigenvalue weighted by Gasteiger charge is -2.17. The molecule has 78 valence electrons. The summed E-state index contributed by atoms with van der Waals surface area (Å²) in [6.45, 7) is 2.16. The number of anilines is 1. The van der Waals surface area contributed by atoms with Gasteiger partial charge in [0.15, 0.2) is 0 Å². The van der Waals surface area contributed by atoms with Gasteiger partial charge in [-0.15, -0.1) is 0 Å². The third kappa shape index (κ3) is 2.04. The molecule has 0 radical (unpaired) electrons. The van der Waals surface area contributed by atoms with E-state index in [-0.39, 0.29) is 6.61 Å². The summed E-state index contributed by atoms with van der Waals surface area (Å²) >= 11 is 1.40. The molecule has 1 heterocycles. The van der Waals surface area contributed by atoms with Gasteiger partial charge in [-0.1, -0.05) is 6.42 Å². The van der Waals surface area contributed by atoms with E-state index in [1.807, 2.05) is 6.92 Å². The lowest BCUT2D eigenvalue weighted by molar-refractivity contribution is 0.222. The molecule has 5 heteroatoms. The van der Waals surface area contributed by atoms with Crippen molar-refractivity contribution in [2.45, 2.75) is 32.2 Å². The molecule has 0 amide bonds. The molecule has 0 aliphatic heterocycles. The van der Waals surface area contributed by atoms with E-state index < -0.39 is 0 Å². The van der Waals surface area contributed by atoms with Crippen LogP contribution in [-0.2, 0) is 0 Å². The Hall–Kier alpha value is -0.680. The van der Waals surface area contributed by atoms with Gasteiger partial charge in [0.05, 0.1) is 0 Å². The molecule has 1 saturated carbocycles. The van der Waals surface area contributed by atoms with E-state index in [0.717, 1.165) is 23.8 Å². The van der Waals surface area contributed by atoms with E-state index in [0.29, 0.717) is 12.0 Å². The minimum absolute atomic E-state index is 0.273. The maximum Gasteiger partial charge on any atom is 0.202 e. The second-order valence-electron chi connectivity index (χ2n) is 3.77. The van der Waals surface area contributed by atoms with E-state index in [1.165, 1.54) is 18.0 Å². The van der Waals surface area contributed by atoms with Gasteiger partial charge in [-0.2, -0.15) is 4.37 Å². The van der Waals surface area contributed by atoms with Gasteiger partial charge in [0.2, 0.25) is 5.13 Å². The van der Waals surface area contributed by atoms with Gasteiger partial charge in [-0.25, -0.2) is 4.98 Å². The summed E-state index contributed by atoms with van der Waals surface area (Å²) < 4.78 is 4.12. The van der Waals surface area contributed by atoms with Gasteiger partial charge in [0.25, 0.3) is 0 Å². The maximum absolute atomic E-state index is 9.15. The fourth-order valence-corrected chi connectivity index (χ4v) is 2.60. The highest BCUT2D eigenvalue weighted by Gasteiger charge is 2.26. The second-order valence-corrected chi connectivity index (χ2v) is 4.52. The molecule has 1 aromatic heterocycles. The highest BCUT2D eigenvalue weighted by molar-refractivity contribution is 7.09. The van der Waals surface area contributed by atoms with Crippen molar-refractivity contribution >= 4 is 16.7 Å². The van der Waals surface area contributed by atoms with Gasteiger partial charge in [-0.05, 0) is 19.8 Å². The lowest BCUT2D eigenvalue weighted by Crippen LogP contribution is -2.26. The summed E-state index contributed by atoms with van der Waals surface area (Å²) in [6, 6.07) is 0.382. The number of hydrogen-bond acceptors (Lipinski definition) is 5. The topological polar surface area (TPSA) is 58.0 Å². The average Bonchev–Trinajstić information content (AvgIpc) is 2.76. The van der Waals surface area contributed by atoms with Gasteiger partial charge < -0.3 is 10.4 Å². The standard InChI is InChI=1S/C9H15N3OS/c1-6-10-9(14-12-6)11-8-4-2-3-7(8)5-13/h7-8,13H,2-5H2,1H3,(H,10,11,12)/t7-,8-/m1/s1. The highest BCUT2D eigenvalue weighted by atomic mass is 32.1. The van der Waals surface area contributed by atoms with Crippen molar-refractivity contribution in [1.29, 1.82) is 0 Å². The number of rotatable bonds is 3. The van der Waals surface area contributed by atoms with Crippen LogP contribution in [0.5, 0.6) is 0 Å². The van der Waals surface area contributed by atoms with Crippen molar-refractivity contribution in [1.82, 2.24) is 9.36 Å². The number of nitrogens with one attached hydrogen (secondary N) is 1. The Morgan fingerprint density at radius 3 is 3.07 bits per heavy atom. The molecule has 1 aliphatic carbocycles. The van der Waals surface area contributed by atoms with Crippen LogP contribution >= 0.6 is 11.5 Å². The van der Waals surface area contributed by atoms with Crippen LogP contribution in [0.1, 0.15) is 25.1 Å². The molecule has 0 spiro atoms. The smallest absolute Gasteiger partial charge is 0.202 e. The molecule has 1 aromatic rings. The van der Waals surface area contributed by atoms with E-state index in [1.54, 1.807) is 0 Å². The quantitative estimate of drug-likeness (QED) is 0.797. The Labute approximate surface area is 87.5 Å². The first-order valence-corrected chi connectivity index (χ1v) is 5.74. The molecule has 0 saturated heterocycles. The summed E-state index contributed by atoms with van der Waals surface area (Å²) in [7, 11) is 0. The molecule has 2 rings (SSSR count). The molecule has 0 aromatic carbocycles. The minimum Gasteiger partial charge on any atom is -0.396 e. The first kappa shape index (κ1) is 9.86. The summed E-state index contributed by atoms with van der Waals surface area (Å²) in [5, 5.41) is 13.4. The van der Waals surface area contributed by atoms with Crippen LogP contribution in [0.2, 0.25) is 0 Å². The minimum atomic E-state index is 0.273. The Balaban J connectivity index is 1.96. The summed E-state index contributed by atoms with van der Waals surface area (Å²) in [6.07, 6.45) is 3.44. The monoisotopic (exact) mass is 213 g/mol. The van der Waals surface area contributed by atoms with Crippen LogP contribution in [-0.4, -0.2) is 27.1 Å². The molecule has 2 N–H and O–H groups in total. The molecule has 1 aliphatic rings. The van der Waals surface area contributed by atoms with Crippen molar-refractivity contribution < 1.29 is 5.11 Å². The third-order valence-corrected chi connectivity index (χ3v) is 3.47. The van der Waals surface area contributed by atoms with Crippen molar-refractivity contribution in [3.63, 3.8) is 0 Å². The van der Waals surface area contributed by atoms with E-state index in [9.17, 15) is 0 Å². The van der Waals surface area contributed by atoms with Crippen molar-refractivity contribution in [3.8, 4) is 0 Å². The Bertz CT molecular complexity index is 302. The normalized spacial score (nSPS) is 26.7. The van der Waals surface area contributed by atoms with Crippen molar-refractivity contribution in [2.75, 3.05) is 11.9 Å². The van der Waals surface area contributed by atoms with Gasteiger partial charge in [0.1, 0.15) is 5.82 Å². The lowest BCUT2D eigenvalue weighted by atomic mass is 10.1. The molecule has 4 nitrogen and oxygen atoms in total. The summed E-state index contributed by atoms with van der Waals surface area (Å²) in [4.78, 5) is 4.26. The molecule has 14 heavy (non-hydrogen) atoms. The van der Waals surface area contributed by atoms with Crippen LogP contribution in [0.15, 0.2) is 0 Å². The zero-order chi connectivity index (χ0) is 9.97. The maximum atomic E-state index is 9.15. The molecule has 0 bridgehead atoms. The molecule has 1 fully saturated rings. The number of aryl methyl sites for hydroxylation is 1. The zero-order valence-electron chi connectivity index (χ0n) is 8.23. The van der Waals surface area contributed by atoms with Gasteiger partial charge in [-0.3, -0.25) is 0 Å². The van der Waals surface area contributed by atoms with Crippen molar-refractivity contribution in [2.24, 2.45) is 5.92 Å².